The van der Waals surface area contributed by atoms with E-state index < -0.39 is 0 Å². The molecule has 0 saturated carbocycles. The molecule has 0 aromatic carbocycles. The Morgan fingerprint density at radius 2 is 1.63 bits per heavy atom. The van der Waals surface area contributed by atoms with Crippen molar-refractivity contribution >= 4 is 11.9 Å². The highest BCUT2D eigenvalue weighted by Crippen LogP contribution is 2.09. The van der Waals surface area contributed by atoms with Crippen LogP contribution < -0.4 is 0 Å². The lowest BCUT2D eigenvalue weighted by atomic mass is 10.3. The third kappa shape index (κ3) is 3.91. The summed E-state index contributed by atoms with van der Waals surface area (Å²) in [7, 11) is 3.80. The number of nitrogens with zero attached hydrogens (tertiary/aromatic N) is 4. The number of piperazine rings is 1. The van der Waals surface area contributed by atoms with Crippen molar-refractivity contribution in [2.75, 3.05) is 59.9 Å². The molecule has 0 atom stereocenters. The van der Waals surface area contributed by atoms with Crippen LogP contribution in [0.2, 0.25) is 0 Å². The normalized spacial score (nSPS) is 22.0. The topological polar surface area (TPSA) is 47.1 Å². The maximum absolute atomic E-state index is 11.7. The number of imide groups is 1. The van der Waals surface area contributed by atoms with Crippen LogP contribution in [0.4, 0.5) is 4.79 Å². The molecule has 0 N–H and O–H groups in total. The highest BCUT2D eigenvalue weighted by molar-refractivity contribution is 6.01. The lowest BCUT2D eigenvalue weighted by molar-refractivity contribution is -0.125. The summed E-state index contributed by atoms with van der Waals surface area (Å²) in [5, 5.41) is 0. The third-order valence-corrected chi connectivity index (χ3v) is 3.68. The van der Waals surface area contributed by atoms with Gasteiger partial charge in [-0.25, -0.2) is 4.79 Å². The average Bonchev–Trinajstić information content (AvgIpc) is 2.58. The zero-order chi connectivity index (χ0) is 13.1. The summed E-state index contributed by atoms with van der Waals surface area (Å²) in [6.45, 7) is 6.11. The summed E-state index contributed by atoms with van der Waals surface area (Å²) in [6, 6.07) is -0.154. The molecule has 6 heteroatoms. The van der Waals surface area contributed by atoms with Crippen LogP contribution in [0.3, 0.4) is 0 Å². The average molecular weight is 270 g/mol. The first-order chi connectivity index (χ1) is 8.58. The molecule has 2 rings (SSSR count). The lowest BCUT2D eigenvalue weighted by Gasteiger charge is -2.32. The maximum Gasteiger partial charge on any atom is 0.326 e. The van der Waals surface area contributed by atoms with E-state index in [0.29, 0.717) is 6.54 Å². The van der Waals surface area contributed by atoms with E-state index >= 15 is 0 Å². The van der Waals surface area contributed by atoms with Crippen LogP contribution in [0, 0.1) is 0 Å². The fourth-order valence-electron chi connectivity index (χ4n) is 2.41. The zero-order valence-electron chi connectivity index (χ0n) is 11.3. The minimum Gasteiger partial charge on any atom is -0.318 e. The standard InChI is InChI=1S/C12H22N4O2.CH4/c1-13-6-8-15(9-7-13)4-3-5-16-11(17)10-14(2)12(16)18;/h3-10H2,1-2H3;1H4. The molecule has 2 heterocycles. The summed E-state index contributed by atoms with van der Waals surface area (Å²) in [4.78, 5) is 30.8. The van der Waals surface area contributed by atoms with Gasteiger partial charge < -0.3 is 14.7 Å². The monoisotopic (exact) mass is 270 g/mol. The van der Waals surface area contributed by atoms with Gasteiger partial charge in [0.05, 0.1) is 0 Å². The van der Waals surface area contributed by atoms with Crippen LogP contribution in [0.5, 0.6) is 0 Å². The minimum atomic E-state index is -0.154. The van der Waals surface area contributed by atoms with E-state index in [1.807, 2.05) is 0 Å². The Hall–Kier alpha value is -1.14. The molecule has 2 aliphatic heterocycles. The second kappa shape index (κ2) is 6.86. The van der Waals surface area contributed by atoms with Gasteiger partial charge in [-0.1, -0.05) is 7.43 Å². The molecule has 0 unspecified atom stereocenters. The number of carbonyl (C=O) groups is 2. The Balaban J connectivity index is 0.00000180. The Kier molecular flexibility index (Phi) is 5.75. The lowest BCUT2D eigenvalue weighted by Crippen LogP contribution is -2.45. The van der Waals surface area contributed by atoms with Gasteiger partial charge >= 0.3 is 6.03 Å². The van der Waals surface area contributed by atoms with Crippen molar-refractivity contribution in [1.29, 1.82) is 0 Å². The van der Waals surface area contributed by atoms with Crippen LogP contribution in [0.15, 0.2) is 0 Å². The summed E-state index contributed by atoms with van der Waals surface area (Å²) in [5.74, 6) is -0.0686. The van der Waals surface area contributed by atoms with Gasteiger partial charge in [0.15, 0.2) is 0 Å². The summed E-state index contributed by atoms with van der Waals surface area (Å²) in [6.07, 6.45) is 0.870. The predicted molar refractivity (Wildman–Crippen MR) is 75.0 cm³/mol. The van der Waals surface area contributed by atoms with E-state index in [-0.39, 0.29) is 25.9 Å². The van der Waals surface area contributed by atoms with Gasteiger partial charge in [0.2, 0.25) is 5.91 Å². The number of hydrogen-bond acceptors (Lipinski definition) is 4. The van der Waals surface area contributed by atoms with Crippen LogP contribution in [-0.4, -0.2) is 91.4 Å². The van der Waals surface area contributed by atoms with Gasteiger partial charge in [0.1, 0.15) is 6.54 Å². The van der Waals surface area contributed by atoms with Crippen molar-refractivity contribution < 1.29 is 9.59 Å². The number of hydrogen-bond donors (Lipinski definition) is 0. The molecule has 6 nitrogen and oxygen atoms in total. The number of amides is 3. The van der Waals surface area contributed by atoms with Crippen molar-refractivity contribution in [1.82, 2.24) is 19.6 Å². The first kappa shape index (κ1) is 15.9. The fraction of sp³-hybridized carbons (Fsp3) is 0.846. The number of urea groups is 1. The van der Waals surface area contributed by atoms with Gasteiger partial charge in [-0.3, -0.25) is 9.69 Å². The molecule has 0 radical (unpaired) electrons. The van der Waals surface area contributed by atoms with Crippen molar-refractivity contribution in [3.8, 4) is 0 Å². The molecule has 0 aliphatic carbocycles. The first-order valence-corrected chi connectivity index (χ1v) is 6.54. The van der Waals surface area contributed by atoms with Crippen LogP contribution in [-0.2, 0) is 4.79 Å². The quantitative estimate of drug-likeness (QED) is 0.683. The highest BCUT2D eigenvalue weighted by Gasteiger charge is 2.32. The highest BCUT2D eigenvalue weighted by atomic mass is 16.2. The second-order valence-electron chi connectivity index (χ2n) is 5.18. The molecule has 0 spiro atoms. The molecule has 110 valence electrons. The molecule has 3 amide bonds. The van der Waals surface area contributed by atoms with Crippen molar-refractivity contribution in [3.63, 3.8) is 0 Å². The SMILES string of the molecule is C.CN1CCN(CCCN2C(=O)CN(C)C2=O)CC1. The smallest absolute Gasteiger partial charge is 0.318 e. The van der Waals surface area contributed by atoms with Gasteiger partial charge in [-0.15, -0.1) is 0 Å². The maximum atomic E-state index is 11.7. The number of carbonyl (C=O) groups excluding carboxylic acids is 2. The molecule has 19 heavy (non-hydrogen) atoms. The van der Waals surface area contributed by atoms with E-state index in [1.165, 1.54) is 9.80 Å². The van der Waals surface area contributed by atoms with Crippen molar-refractivity contribution in [2.24, 2.45) is 0 Å². The molecular formula is C13H26N4O2. The molecular weight excluding hydrogens is 244 g/mol. The Labute approximate surface area is 115 Å². The van der Waals surface area contributed by atoms with Crippen molar-refractivity contribution in [2.45, 2.75) is 13.8 Å². The fourth-order valence-corrected chi connectivity index (χ4v) is 2.41. The van der Waals surface area contributed by atoms with E-state index in [9.17, 15) is 9.59 Å². The Morgan fingerprint density at radius 3 is 2.16 bits per heavy atom. The van der Waals surface area contributed by atoms with Crippen LogP contribution in [0.25, 0.3) is 0 Å². The van der Waals surface area contributed by atoms with Gasteiger partial charge in [-0.2, -0.15) is 0 Å². The van der Waals surface area contributed by atoms with E-state index in [0.717, 1.165) is 39.1 Å². The zero-order valence-corrected chi connectivity index (χ0v) is 11.3. The minimum absolute atomic E-state index is 0. The summed E-state index contributed by atoms with van der Waals surface area (Å²) >= 11 is 0. The first-order valence-electron chi connectivity index (χ1n) is 6.54. The predicted octanol–water partition coefficient (Wildman–Crippen LogP) is 0.154. The number of likely N-dealkylation sites (N-methyl/N-ethyl adjacent to an activating group) is 2. The molecule has 2 fully saturated rings. The Bertz CT molecular complexity index is 327. The molecule has 0 bridgehead atoms. The van der Waals surface area contributed by atoms with Crippen LogP contribution >= 0.6 is 0 Å². The largest absolute Gasteiger partial charge is 0.326 e. The van der Waals surface area contributed by atoms with E-state index in [1.54, 1.807) is 7.05 Å². The Morgan fingerprint density at radius 1 is 1.00 bits per heavy atom. The van der Waals surface area contributed by atoms with Gasteiger partial charge in [0.25, 0.3) is 0 Å². The third-order valence-electron chi connectivity index (χ3n) is 3.68. The second-order valence-corrected chi connectivity index (χ2v) is 5.18. The van der Waals surface area contributed by atoms with Crippen molar-refractivity contribution in [3.05, 3.63) is 0 Å². The van der Waals surface area contributed by atoms with E-state index in [2.05, 4.69) is 16.8 Å². The van der Waals surface area contributed by atoms with Gasteiger partial charge in [0, 0.05) is 39.8 Å². The molecule has 2 aliphatic rings. The molecule has 0 aromatic heterocycles. The van der Waals surface area contributed by atoms with Crippen LogP contribution in [0.1, 0.15) is 13.8 Å². The van der Waals surface area contributed by atoms with E-state index in [4.69, 9.17) is 0 Å². The summed E-state index contributed by atoms with van der Waals surface area (Å²) in [5.41, 5.74) is 0. The molecule has 2 saturated heterocycles. The molecule has 0 aromatic rings. The number of rotatable bonds is 4. The van der Waals surface area contributed by atoms with Gasteiger partial charge in [-0.05, 0) is 20.0 Å². The summed E-state index contributed by atoms with van der Waals surface area (Å²) < 4.78 is 0.